The van der Waals surface area contributed by atoms with Crippen molar-refractivity contribution in [2.45, 2.75) is 44.7 Å². The van der Waals surface area contributed by atoms with Crippen molar-refractivity contribution in [2.75, 3.05) is 20.8 Å². The maximum Gasteiger partial charge on any atom is 0.223 e. The van der Waals surface area contributed by atoms with Gasteiger partial charge in [-0.1, -0.05) is 19.4 Å². The number of ether oxygens (including phenoxy) is 2. The predicted octanol–water partition coefficient (Wildman–Crippen LogP) is 2.49. The SMILES string of the molecule is CCCCN1C(=O)CCC(N)C1c1ccc(OC)c(OC)c1. The van der Waals surface area contributed by atoms with E-state index in [1.807, 2.05) is 23.1 Å². The molecule has 122 valence electrons. The zero-order chi connectivity index (χ0) is 16.1. The lowest BCUT2D eigenvalue weighted by Crippen LogP contribution is -2.49. The molecule has 2 atom stereocenters. The third-order valence-electron chi connectivity index (χ3n) is 4.25. The Morgan fingerprint density at radius 1 is 1.27 bits per heavy atom. The highest BCUT2D eigenvalue weighted by Gasteiger charge is 2.34. The van der Waals surface area contributed by atoms with Crippen LogP contribution in [0.4, 0.5) is 0 Å². The van der Waals surface area contributed by atoms with Crippen LogP contribution in [0.3, 0.4) is 0 Å². The average molecular weight is 306 g/mol. The molecule has 1 amide bonds. The lowest BCUT2D eigenvalue weighted by molar-refractivity contribution is -0.137. The van der Waals surface area contributed by atoms with E-state index >= 15 is 0 Å². The van der Waals surface area contributed by atoms with Crippen LogP contribution in [0.5, 0.6) is 11.5 Å². The Morgan fingerprint density at radius 2 is 2.00 bits per heavy atom. The van der Waals surface area contributed by atoms with Gasteiger partial charge in [0.2, 0.25) is 5.91 Å². The average Bonchev–Trinajstić information content (AvgIpc) is 2.54. The summed E-state index contributed by atoms with van der Waals surface area (Å²) in [6.45, 7) is 2.88. The summed E-state index contributed by atoms with van der Waals surface area (Å²) in [5.41, 5.74) is 7.34. The van der Waals surface area contributed by atoms with E-state index in [0.29, 0.717) is 17.9 Å². The molecule has 0 aliphatic carbocycles. The summed E-state index contributed by atoms with van der Waals surface area (Å²) in [4.78, 5) is 14.3. The monoisotopic (exact) mass is 306 g/mol. The number of piperidine rings is 1. The number of amides is 1. The Kier molecular flexibility index (Phi) is 5.66. The number of carbonyl (C=O) groups excluding carboxylic acids is 1. The molecular weight excluding hydrogens is 280 g/mol. The summed E-state index contributed by atoms with van der Waals surface area (Å²) < 4.78 is 10.7. The fourth-order valence-electron chi connectivity index (χ4n) is 3.03. The van der Waals surface area contributed by atoms with Crippen molar-refractivity contribution < 1.29 is 14.3 Å². The largest absolute Gasteiger partial charge is 0.493 e. The Balaban J connectivity index is 2.34. The Morgan fingerprint density at radius 3 is 2.64 bits per heavy atom. The van der Waals surface area contributed by atoms with Crippen molar-refractivity contribution in [1.82, 2.24) is 4.90 Å². The van der Waals surface area contributed by atoms with Gasteiger partial charge in [0, 0.05) is 19.0 Å². The van der Waals surface area contributed by atoms with Gasteiger partial charge in [-0.2, -0.15) is 0 Å². The molecule has 2 N–H and O–H groups in total. The van der Waals surface area contributed by atoms with Crippen LogP contribution >= 0.6 is 0 Å². The predicted molar refractivity (Wildman–Crippen MR) is 86.1 cm³/mol. The summed E-state index contributed by atoms with van der Waals surface area (Å²) in [5.74, 6) is 1.54. The molecule has 2 unspecified atom stereocenters. The zero-order valence-corrected chi connectivity index (χ0v) is 13.7. The summed E-state index contributed by atoms with van der Waals surface area (Å²) in [5, 5.41) is 0. The number of hydrogen-bond donors (Lipinski definition) is 1. The van der Waals surface area contributed by atoms with Crippen molar-refractivity contribution in [3.8, 4) is 11.5 Å². The van der Waals surface area contributed by atoms with Crippen LogP contribution in [0.1, 0.15) is 44.2 Å². The summed E-state index contributed by atoms with van der Waals surface area (Å²) in [6.07, 6.45) is 3.30. The number of hydrogen-bond acceptors (Lipinski definition) is 4. The maximum atomic E-state index is 12.3. The minimum atomic E-state index is -0.0902. The molecule has 1 fully saturated rings. The lowest BCUT2D eigenvalue weighted by Gasteiger charge is -2.40. The molecule has 0 aromatic heterocycles. The smallest absolute Gasteiger partial charge is 0.223 e. The van der Waals surface area contributed by atoms with Crippen LogP contribution < -0.4 is 15.2 Å². The van der Waals surface area contributed by atoms with Gasteiger partial charge >= 0.3 is 0 Å². The second-order valence-electron chi connectivity index (χ2n) is 5.70. The minimum absolute atomic E-state index is 0.0485. The molecule has 0 radical (unpaired) electrons. The highest BCUT2D eigenvalue weighted by molar-refractivity contribution is 5.78. The van der Waals surface area contributed by atoms with Gasteiger partial charge in [0.25, 0.3) is 0 Å². The van der Waals surface area contributed by atoms with Gasteiger partial charge in [0.1, 0.15) is 0 Å². The summed E-state index contributed by atoms with van der Waals surface area (Å²) in [7, 11) is 3.23. The highest BCUT2D eigenvalue weighted by Crippen LogP contribution is 2.36. The Labute approximate surface area is 132 Å². The van der Waals surface area contributed by atoms with Crippen molar-refractivity contribution in [1.29, 1.82) is 0 Å². The van der Waals surface area contributed by atoms with Gasteiger partial charge in [-0.3, -0.25) is 4.79 Å². The lowest BCUT2D eigenvalue weighted by atomic mass is 9.90. The van der Waals surface area contributed by atoms with E-state index in [1.165, 1.54) is 0 Å². The van der Waals surface area contributed by atoms with Crippen LogP contribution in [0.15, 0.2) is 18.2 Å². The van der Waals surface area contributed by atoms with E-state index in [2.05, 4.69) is 6.92 Å². The highest BCUT2D eigenvalue weighted by atomic mass is 16.5. The molecule has 0 saturated carbocycles. The van der Waals surface area contributed by atoms with E-state index < -0.39 is 0 Å². The molecule has 0 spiro atoms. The van der Waals surface area contributed by atoms with Crippen LogP contribution in [0.2, 0.25) is 0 Å². The number of rotatable bonds is 6. The van der Waals surface area contributed by atoms with E-state index in [9.17, 15) is 4.79 Å². The van der Waals surface area contributed by atoms with Gasteiger partial charge in [0.15, 0.2) is 11.5 Å². The number of likely N-dealkylation sites (tertiary alicyclic amines) is 1. The number of nitrogens with two attached hydrogens (primary N) is 1. The third-order valence-corrected chi connectivity index (χ3v) is 4.25. The standard InChI is InChI=1S/C17H26N2O3/c1-4-5-10-19-16(20)9-7-13(18)17(19)12-6-8-14(21-2)15(11-12)22-3/h6,8,11,13,17H,4-5,7,9-10,18H2,1-3H3. The first-order valence-corrected chi connectivity index (χ1v) is 7.89. The molecule has 1 aliphatic rings. The summed E-state index contributed by atoms with van der Waals surface area (Å²) in [6, 6.07) is 5.64. The maximum absolute atomic E-state index is 12.3. The van der Waals surface area contributed by atoms with Crippen LogP contribution in [-0.2, 0) is 4.79 Å². The van der Waals surface area contributed by atoms with Crippen molar-refractivity contribution >= 4 is 5.91 Å². The number of methoxy groups -OCH3 is 2. The van der Waals surface area contributed by atoms with Gasteiger partial charge in [0.05, 0.1) is 20.3 Å². The normalized spacial score (nSPS) is 21.8. The van der Waals surface area contributed by atoms with Crippen molar-refractivity contribution in [3.63, 3.8) is 0 Å². The number of benzene rings is 1. The molecule has 1 aromatic carbocycles. The van der Waals surface area contributed by atoms with Gasteiger partial charge in [-0.15, -0.1) is 0 Å². The van der Waals surface area contributed by atoms with Crippen LogP contribution in [0, 0.1) is 0 Å². The van der Waals surface area contributed by atoms with Crippen molar-refractivity contribution in [3.05, 3.63) is 23.8 Å². The number of nitrogens with zero attached hydrogens (tertiary/aromatic N) is 1. The van der Waals surface area contributed by atoms with Gasteiger partial charge in [-0.25, -0.2) is 0 Å². The third kappa shape index (κ3) is 3.35. The molecule has 2 rings (SSSR count). The van der Waals surface area contributed by atoms with E-state index in [-0.39, 0.29) is 18.0 Å². The molecular formula is C17H26N2O3. The fourth-order valence-corrected chi connectivity index (χ4v) is 3.03. The topological polar surface area (TPSA) is 64.8 Å². The first-order chi connectivity index (χ1) is 10.6. The van der Waals surface area contributed by atoms with Crippen LogP contribution in [0.25, 0.3) is 0 Å². The zero-order valence-electron chi connectivity index (χ0n) is 13.7. The molecule has 1 saturated heterocycles. The van der Waals surface area contributed by atoms with E-state index in [0.717, 1.165) is 31.4 Å². The van der Waals surface area contributed by atoms with Crippen LogP contribution in [-0.4, -0.2) is 37.6 Å². The quantitative estimate of drug-likeness (QED) is 0.877. The second kappa shape index (κ2) is 7.49. The molecule has 1 aliphatic heterocycles. The number of unbranched alkanes of at least 4 members (excludes halogenated alkanes) is 1. The molecule has 22 heavy (non-hydrogen) atoms. The van der Waals surface area contributed by atoms with E-state index in [4.69, 9.17) is 15.2 Å². The Bertz CT molecular complexity index is 519. The Hall–Kier alpha value is -1.75. The molecule has 5 nitrogen and oxygen atoms in total. The molecule has 5 heteroatoms. The van der Waals surface area contributed by atoms with E-state index in [1.54, 1.807) is 14.2 Å². The number of carbonyl (C=O) groups is 1. The fraction of sp³-hybridized carbons (Fsp3) is 0.588. The van der Waals surface area contributed by atoms with Gasteiger partial charge < -0.3 is 20.1 Å². The minimum Gasteiger partial charge on any atom is -0.493 e. The first-order valence-electron chi connectivity index (χ1n) is 7.89. The van der Waals surface area contributed by atoms with Gasteiger partial charge in [-0.05, 0) is 30.5 Å². The molecule has 1 heterocycles. The summed E-state index contributed by atoms with van der Waals surface area (Å²) >= 11 is 0. The second-order valence-corrected chi connectivity index (χ2v) is 5.70. The molecule has 0 bridgehead atoms. The molecule has 1 aromatic rings. The first kappa shape index (κ1) is 16.6. The van der Waals surface area contributed by atoms with Crippen molar-refractivity contribution in [2.24, 2.45) is 5.73 Å².